The van der Waals surface area contributed by atoms with Crippen molar-refractivity contribution in [3.8, 4) is 0 Å². The molecule has 16 heavy (non-hydrogen) atoms. The lowest BCUT2D eigenvalue weighted by Crippen LogP contribution is -2.20. The van der Waals surface area contributed by atoms with Gasteiger partial charge in [-0.1, -0.05) is 0 Å². The number of methoxy groups -OCH3 is 1. The Labute approximate surface area is 97.1 Å². The molecule has 6 nitrogen and oxygen atoms in total. The molecule has 0 radical (unpaired) electrons. The van der Waals surface area contributed by atoms with Gasteiger partial charge in [0.25, 0.3) is 5.56 Å². The third kappa shape index (κ3) is 3.24. The molecule has 1 aromatic rings. The molecule has 0 saturated carbocycles. The first-order chi connectivity index (χ1) is 7.58. The first kappa shape index (κ1) is 13.0. The lowest BCUT2D eigenvalue weighted by atomic mass is 10.3. The third-order valence-corrected chi connectivity index (χ3v) is 2.48. The Morgan fingerprint density at radius 3 is 2.94 bits per heavy atom. The van der Waals surface area contributed by atoms with Gasteiger partial charge in [0.05, 0.1) is 12.2 Å². The number of nitrogens with zero attached hydrogens (tertiary/aromatic N) is 1. The molecular formula is C9H14N2O4S. The largest absolute Gasteiger partial charge is 0.391 e. The van der Waals surface area contributed by atoms with E-state index in [4.69, 9.17) is 17.3 Å². The average Bonchev–Trinajstić information content (AvgIpc) is 2.27. The number of aromatic nitrogens is 2. The van der Waals surface area contributed by atoms with E-state index in [9.17, 15) is 9.90 Å². The van der Waals surface area contributed by atoms with E-state index in [1.54, 1.807) is 4.57 Å². The summed E-state index contributed by atoms with van der Waals surface area (Å²) in [4.78, 5) is 13.7. The zero-order valence-corrected chi connectivity index (χ0v) is 9.66. The Hall–Kier alpha value is -1.02. The van der Waals surface area contributed by atoms with Crippen molar-refractivity contribution in [3.63, 3.8) is 0 Å². The van der Waals surface area contributed by atoms with Crippen LogP contribution in [-0.4, -0.2) is 33.2 Å². The number of hydrogen-bond donors (Lipinski definition) is 3. The number of aliphatic hydroxyl groups is 2. The van der Waals surface area contributed by atoms with Gasteiger partial charge in [-0.05, 0) is 12.2 Å². The minimum atomic E-state index is -0.869. The van der Waals surface area contributed by atoms with Crippen molar-refractivity contribution < 1.29 is 14.9 Å². The number of H-pyrrole nitrogens is 1. The van der Waals surface area contributed by atoms with Crippen LogP contribution in [-0.2, 0) is 17.9 Å². The first-order valence-corrected chi connectivity index (χ1v) is 5.13. The summed E-state index contributed by atoms with van der Waals surface area (Å²) in [6.45, 7) is 0.0510. The van der Waals surface area contributed by atoms with E-state index in [1.165, 1.54) is 13.3 Å². The van der Waals surface area contributed by atoms with Crippen molar-refractivity contribution in [2.24, 2.45) is 0 Å². The van der Waals surface area contributed by atoms with Gasteiger partial charge in [-0.3, -0.25) is 9.78 Å². The second kappa shape index (κ2) is 5.90. The molecule has 0 aromatic carbocycles. The fourth-order valence-corrected chi connectivity index (χ4v) is 1.44. The van der Waals surface area contributed by atoms with Crippen LogP contribution in [0.15, 0.2) is 11.0 Å². The fraction of sp³-hybridized carbons (Fsp3) is 0.556. The van der Waals surface area contributed by atoms with Crippen molar-refractivity contribution in [2.45, 2.75) is 25.9 Å². The van der Waals surface area contributed by atoms with E-state index in [1.807, 2.05) is 0 Å². The molecular weight excluding hydrogens is 232 g/mol. The molecule has 0 aliphatic heterocycles. The number of ether oxygens (including phenoxy) is 1. The predicted octanol–water partition coefficient (Wildman–Crippen LogP) is -0.247. The molecule has 0 saturated heterocycles. The molecule has 90 valence electrons. The Bertz CT molecular complexity index is 454. The summed E-state index contributed by atoms with van der Waals surface area (Å²) in [6.07, 6.45) is 0.956. The number of aromatic amines is 1. The van der Waals surface area contributed by atoms with Crippen LogP contribution in [0.2, 0.25) is 0 Å². The fourth-order valence-electron chi connectivity index (χ4n) is 1.20. The van der Waals surface area contributed by atoms with Crippen molar-refractivity contribution in [1.29, 1.82) is 0 Å². The van der Waals surface area contributed by atoms with Crippen LogP contribution in [0.1, 0.15) is 12.0 Å². The molecule has 3 N–H and O–H groups in total. The lowest BCUT2D eigenvalue weighted by molar-refractivity contribution is -0.0803. The van der Waals surface area contributed by atoms with Crippen molar-refractivity contribution >= 4 is 12.2 Å². The average molecular weight is 246 g/mol. The molecule has 0 fully saturated rings. The standard InChI is InChI=1S/C9H14N2O4S/c1-15-7(13)2-3-11-4-6(5-12)8(14)10-9(11)16/h4,7,12-13H,2-3,5H2,1H3,(H,10,14,16)/t7-/m0/s1. The summed E-state index contributed by atoms with van der Waals surface area (Å²) >= 11 is 4.94. The highest BCUT2D eigenvalue weighted by molar-refractivity contribution is 7.71. The maximum Gasteiger partial charge on any atom is 0.257 e. The maximum absolute atomic E-state index is 11.2. The molecule has 0 aliphatic carbocycles. The van der Waals surface area contributed by atoms with E-state index in [0.717, 1.165) is 0 Å². The second-order valence-electron chi connectivity index (χ2n) is 3.24. The predicted molar refractivity (Wildman–Crippen MR) is 59.4 cm³/mol. The number of rotatable bonds is 5. The molecule has 0 spiro atoms. The summed E-state index contributed by atoms with van der Waals surface area (Å²) in [7, 11) is 1.40. The zero-order chi connectivity index (χ0) is 12.1. The molecule has 0 bridgehead atoms. The monoisotopic (exact) mass is 246 g/mol. The van der Waals surface area contributed by atoms with E-state index < -0.39 is 11.8 Å². The van der Waals surface area contributed by atoms with Gasteiger partial charge in [-0.25, -0.2) is 0 Å². The van der Waals surface area contributed by atoms with Crippen LogP contribution in [0.3, 0.4) is 0 Å². The van der Waals surface area contributed by atoms with Gasteiger partial charge >= 0.3 is 0 Å². The molecule has 1 aromatic heterocycles. The number of hydrogen-bond acceptors (Lipinski definition) is 5. The summed E-state index contributed by atoms with van der Waals surface area (Å²) in [5, 5.41) is 18.1. The van der Waals surface area contributed by atoms with Crippen LogP contribution in [0.25, 0.3) is 0 Å². The van der Waals surface area contributed by atoms with Crippen LogP contribution in [0.5, 0.6) is 0 Å². The quantitative estimate of drug-likeness (QED) is 0.493. The van der Waals surface area contributed by atoms with Crippen LogP contribution in [0.4, 0.5) is 0 Å². The van der Waals surface area contributed by atoms with Gasteiger partial charge in [0, 0.05) is 26.3 Å². The summed E-state index contributed by atoms with van der Waals surface area (Å²) in [6, 6.07) is 0. The lowest BCUT2D eigenvalue weighted by Gasteiger charge is -2.11. The van der Waals surface area contributed by atoms with Crippen LogP contribution in [0, 0.1) is 4.77 Å². The van der Waals surface area contributed by atoms with Gasteiger partial charge in [0.2, 0.25) is 0 Å². The van der Waals surface area contributed by atoms with Crippen molar-refractivity contribution in [2.75, 3.05) is 7.11 Å². The SMILES string of the molecule is CO[C@H](O)CCn1cc(CO)c(=O)[nH]c1=S. The molecule has 1 atom stereocenters. The Morgan fingerprint density at radius 1 is 1.69 bits per heavy atom. The van der Waals surface area contributed by atoms with Crippen LogP contribution < -0.4 is 5.56 Å². The van der Waals surface area contributed by atoms with Gasteiger partial charge in [0.15, 0.2) is 11.1 Å². The molecule has 0 amide bonds. The topological polar surface area (TPSA) is 87.5 Å². The van der Waals surface area contributed by atoms with E-state index in [0.29, 0.717) is 13.0 Å². The van der Waals surface area contributed by atoms with Gasteiger partial charge < -0.3 is 19.5 Å². The summed E-state index contributed by atoms with van der Waals surface area (Å²) in [5.41, 5.74) is -0.156. The first-order valence-electron chi connectivity index (χ1n) is 4.73. The minimum absolute atomic E-state index is 0.237. The minimum Gasteiger partial charge on any atom is -0.391 e. The molecule has 7 heteroatoms. The molecule has 1 rings (SSSR count). The zero-order valence-electron chi connectivity index (χ0n) is 8.84. The van der Waals surface area contributed by atoms with Gasteiger partial charge in [-0.2, -0.15) is 0 Å². The number of nitrogens with one attached hydrogen (secondary N) is 1. The van der Waals surface area contributed by atoms with Crippen LogP contribution >= 0.6 is 12.2 Å². The van der Waals surface area contributed by atoms with Crippen molar-refractivity contribution in [3.05, 3.63) is 26.9 Å². The van der Waals surface area contributed by atoms with E-state index in [-0.39, 0.29) is 16.9 Å². The van der Waals surface area contributed by atoms with E-state index >= 15 is 0 Å². The highest BCUT2D eigenvalue weighted by Gasteiger charge is 2.04. The highest BCUT2D eigenvalue weighted by atomic mass is 32.1. The molecule has 0 unspecified atom stereocenters. The normalized spacial score (nSPS) is 12.7. The Balaban J connectivity index is 2.88. The summed E-state index contributed by atoms with van der Waals surface area (Å²) < 4.78 is 6.51. The highest BCUT2D eigenvalue weighted by Crippen LogP contribution is 1.99. The maximum atomic E-state index is 11.2. The molecule has 1 heterocycles. The van der Waals surface area contributed by atoms with E-state index in [2.05, 4.69) is 9.72 Å². The number of aliphatic hydroxyl groups excluding tert-OH is 2. The summed E-state index contributed by atoms with van der Waals surface area (Å²) in [5.74, 6) is 0. The third-order valence-electron chi connectivity index (χ3n) is 2.14. The van der Waals surface area contributed by atoms with Gasteiger partial charge in [-0.15, -0.1) is 0 Å². The number of aryl methyl sites for hydroxylation is 1. The smallest absolute Gasteiger partial charge is 0.257 e. The molecule has 0 aliphatic rings. The second-order valence-corrected chi connectivity index (χ2v) is 3.63. The Morgan fingerprint density at radius 2 is 2.38 bits per heavy atom. The van der Waals surface area contributed by atoms with Crippen molar-refractivity contribution in [1.82, 2.24) is 9.55 Å². The van der Waals surface area contributed by atoms with Gasteiger partial charge in [0.1, 0.15) is 0 Å². The Kier molecular flexibility index (Phi) is 4.81.